The summed E-state index contributed by atoms with van der Waals surface area (Å²) in [6.45, 7) is 4.23. The Bertz CT molecular complexity index is 999. The van der Waals surface area contributed by atoms with Crippen molar-refractivity contribution in [2.24, 2.45) is 0 Å². The van der Waals surface area contributed by atoms with E-state index in [4.69, 9.17) is 9.69 Å². The number of hydrogen-bond acceptors (Lipinski definition) is 2. The van der Waals surface area contributed by atoms with Crippen molar-refractivity contribution in [2.45, 2.75) is 19.3 Å². The van der Waals surface area contributed by atoms with E-state index < -0.39 is 27.9 Å². The van der Waals surface area contributed by atoms with E-state index in [1.165, 1.54) is 0 Å². The smallest absolute Gasteiger partial charge is 0.416 e. The molecule has 3 rings (SSSR count). The average molecular weight is 428 g/mol. The monoisotopic (exact) mass is 427 g/mol. The van der Waals surface area contributed by atoms with Crippen LogP contribution in [0.2, 0.25) is 13.1 Å². The number of halogens is 3. The molecule has 0 amide bonds. The molecule has 0 N–H and O–H groups in total. The van der Waals surface area contributed by atoms with E-state index in [0.29, 0.717) is 5.56 Å². The van der Waals surface area contributed by atoms with Gasteiger partial charge in [0.05, 0.1) is 17.2 Å². The van der Waals surface area contributed by atoms with Gasteiger partial charge in [-0.3, -0.25) is 0 Å². The lowest BCUT2D eigenvalue weighted by Crippen LogP contribution is -2.66. The zero-order valence-electron chi connectivity index (χ0n) is 16.1. The van der Waals surface area contributed by atoms with Crippen LogP contribution in [0, 0.1) is 11.3 Å². The van der Waals surface area contributed by atoms with Gasteiger partial charge in [0.1, 0.15) is 14.1 Å². The van der Waals surface area contributed by atoms with Crippen LogP contribution in [0.4, 0.5) is 13.2 Å². The van der Waals surface area contributed by atoms with E-state index in [2.05, 4.69) is 19.2 Å². The Morgan fingerprint density at radius 2 is 1.48 bits per heavy atom. The minimum Gasteiger partial charge on any atom is -0.542 e. The second-order valence-electron chi connectivity index (χ2n) is 7.05. The molecule has 148 valence electrons. The van der Waals surface area contributed by atoms with Crippen molar-refractivity contribution in [2.75, 3.05) is 0 Å². The van der Waals surface area contributed by atoms with Crippen molar-refractivity contribution in [3.63, 3.8) is 0 Å². The van der Waals surface area contributed by atoms with Gasteiger partial charge in [-0.2, -0.15) is 18.4 Å². The normalized spacial score (nSPS) is 14.5. The maximum absolute atomic E-state index is 13.0. The Morgan fingerprint density at radius 1 is 0.897 bits per heavy atom. The zero-order valence-corrected chi connectivity index (χ0v) is 18.2. The molecule has 0 aliphatic rings. The van der Waals surface area contributed by atoms with Gasteiger partial charge in [0.25, 0.3) is 7.83 Å². The zero-order chi connectivity index (χ0) is 21.1. The van der Waals surface area contributed by atoms with Crippen LogP contribution in [0.3, 0.4) is 0 Å². The molecule has 0 fully saturated rings. The first-order chi connectivity index (χ1) is 13.7. The predicted octanol–water partition coefficient (Wildman–Crippen LogP) is 4.28. The first kappa shape index (κ1) is 20.9. The molecule has 0 aliphatic carbocycles. The molecule has 2 atom stereocenters. The van der Waals surface area contributed by atoms with Gasteiger partial charge >= 0.3 is 6.18 Å². The Kier molecular flexibility index (Phi) is 5.96. The van der Waals surface area contributed by atoms with Crippen LogP contribution < -0.4 is 14.8 Å². The summed E-state index contributed by atoms with van der Waals surface area (Å²) >= 11 is 0. The largest absolute Gasteiger partial charge is 0.542 e. The Labute approximate surface area is 170 Å². The summed E-state index contributed by atoms with van der Waals surface area (Å²) in [5.74, 6) is 0.717. The molecule has 7 heteroatoms. The summed E-state index contributed by atoms with van der Waals surface area (Å²) in [5.41, 5.74) is -0.0816. The quantitative estimate of drug-likeness (QED) is 0.570. The summed E-state index contributed by atoms with van der Waals surface area (Å²) in [6.07, 6.45) is -4.37. The number of benzene rings is 3. The van der Waals surface area contributed by atoms with Gasteiger partial charge in [-0.15, -0.1) is 0 Å². The third-order valence-corrected chi connectivity index (χ3v) is 17.7. The second-order valence-corrected chi connectivity index (χ2v) is 18.1. The number of para-hydroxylation sites is 1. The van der Waals surface area contributed by atoms with E-state index in [-0.39, 0.29) is 0 Å². The fraction of sp³-hybridized carbons (Fsp3) is 0.136. The van der Waals surface area contributed by atoms with Crippen molar-refractivity contribution in [1.82, 2.24) is 0 Å². The summed E-state index contributed by atoms with van der Waals surface area (Å²) in [4.78, 5) is 0. The van der Waals surface area contributed by atoms with Crippen LogP contribution in [-0.4, -0.2) is 16.1 Å². The molecule has 0 saturated carbocycles. The van der Waals surface area contributed by atoms with Crippen LogP contribution >= 0.6 is 0 Å². The topological polar surface area (TPSA) is 33.0 Å². The summed E-state index contributed by atoms with van der Waals surface area (Å²) in [5, 5.41) is 11.0. The Hall–Kier alpha value is -2.83. The van der Waals surface area contributed by atoms with Gasteiger partial charge in [-0.1, -0.05) is 66.3 Å². The molecular weight excluding hydrogens is 407 g/mol. The lowest BCUT2D eigenvalue weighted by molar-refractivity contribution is -0.137. The molecule has 0 spiro atoms. The van der Waals surface area contributed by atoms with E-state index >= 15 is 0 Å². The predicted molar refractivity (Wildman–Crippen MR) is 114 cm³/mol. The minimum absolute atomic E-state index is 0.580. The maximum atomic E-state index is 13.0. The number of alkyl halides is 3. The first-order valence-corrected chi connectivity index (χ1v) is 15.1. The van der Waals surface area contributed by atoms with Crippen LogP contribution in [0.15, 0.2) is 78.9 Å². The number of nitrogens with zero attached hydrogens (tertiary/aromatic N) is 1. The first-order valence-electron chi connectivity index (χ1n) is 9.16. The van der Waals surface area contributed by atoms with E-state index in [1.54, 1.807) is 24.3 Å². The van der Waals surface area contributed by atoms with E-state index in [9.17, 15) is 13.2 Å². The SMILES string of the molecule is C[SiH](c1ccc(C#N)cc1)[Si](C)(Oc1ccccc1)c1ccc(C(F)(F)F)cc1. The van der Waals surface area contributed by atoms with Crippen molar-refractivity contribution in [3.05, 3.63) is 90.0 Å². The highest BCUT2D eigenvalue weighted by Gasteiger charge is 2.42. The van der Waals surface area contributed by atoms with Crippen LogP contribution in [-0.2, 0) is 6.18 Å². The third kappa shape index (κ3) is 4.61. The molecule has 0 aliphatic heterocycles. The van der Waals surface area contributed by atoms with E-state index in [1.807, 2.05) is 42.5 Å². The molecule has 0 radical (unpaired) electrons. The molecule has 2 nitrogen and oxygen atoms in total. The molecule has 0 heterocycles. The highest BCUT2D eigenvalue weighted by atomic mass is 29.2. The van der Waals surface area contributed by atoms with Gasteiger partial charge in [-0.25, -0.2) is 0 Å². The highest BCUT2D eigenvalue weighted by molar-refractivity contribution is 7.39. The van der Waals surface area contributed by atoms with Gasteiger partial charge in [0, 0.05) is 0 Å². The average Bonchev–Trinajstić information content (AvgIpc) is 2.73. The molecule has 3 aromatic carbocycles. The third-order valence-electron chi connectivity index (χ3n) is 5.22. The lowest BCUT2D eigenvalue weighted by atomic mass is 10.2. The second kappa shape index (κ2) is 8.27. The Morgan fingerprint density at radius 3 is 2.00 bits per heavy atom. The fourth-order valence-electron chi connectivity index (χ4n) is 3.29. The summed E-state index contributed by atoms with van der Waals surface area (Å²) < 4.78 is 45.6. The van der Waals surface area contributed by atoms with Crippen molar-refractivity contribution < 1.29 is 17.6 Å². The maximum Gasteiger partial charge on any atom is 0.416 e. The molecular formula is C22H20F3NOSi2. The van der Waals surface area contributed by atoms with Crippen molar-refractivity contribution >= 4 is 26.5 Å². The standard InChI is InChI=1S/C22H20F3NOSi2/c1-28(20-12-8-17(16-26)9-13-20)29(2,27-19-6-4-3-5-7-19)21-14-10-18(11-15-21)22(23,24)25/h3-15,28H,1-2H3. The van der Waals surface area contributed by atoms with Gasteiger partial charge in [0.2, 0.25) is 0 Å². The number of rotatable bonds is 5. The van der Waals surface area contributed by atoms with Crippen LogP contribution in [0.1, 0.15) is 11.1 Å². The Balaban J connectivity index is 2.04. The fourth-order valence-corrected chi connectivity index (χ4v) is 12.4. The lowest BCUT2D eigenvalue weighted by Gasteiger charge is -2.34. The highest BCUT2D eigenvalue weighted by Crippen LogP contribution is 2.29. The molecule has 3 aromatic rings. The molecule has 29 heavy (non-hydrogen) atoms. The molecule has 0 bridgehead atoms. The van der Waals surface area contributed by atoms with Gasteiger partial charge in [-0.05, 0) is 36.0 Å². The van der Waals surface area contributed by atoms with Gasteiger partial charge in [0.15, 0.2) is 0 Å². The van der Waals surface area contributed by atoms with Crippen LogP contribution in [0.25, 0.3) is 0 Å². The number of nitriles is 1. The van der Waals surface area contributed by atoms with E-state index in [0.717, 1.165) is 28.3 Å². The summed E-state index contributed by atoms with van der Waals surface area (Å²) in [6, 6.07) is 24.3. The minimum atomic E-state index is -4.37. The number of hydrogen-bond donors (Lipinski definition) is 0. The van der Waals surface area contributed by atoms with Crippen molar-refractivity contribution in [3.8, 4) is 11.8 Å². The van der Waals surface area contributed by atoms with Crippen LogP contribution in [0.5, 0.6) is 5.75 Å². The molecule has 0 aromatic heterocycles. The molecule has 2 unspecified atom stereocenters. The van der Waals surface area contributed by atoms with Crippen molar-refractivity contribution in [1.29, 1.82) is 5.26 Å². The molecule has 0 saturated heterocycles. The van der Waals surface area contributed by atoms with Gasteiger partial charge < -0.3 is 4.43 Å². The summed E-state index contributed by atoms with van der Waals surface area (Å²) in [7, 11) is -4.38.